The Morgan fingerprint density at radius 1 is 1.24 bits per heavy atom. The number of amides is 1. The molecule has 5 nitrogen and oxygen atoms in total. The predicted molar refractivity (Wildman–Crippen MR) is 103 cm³/mol. The number of anilines is 1. The van der Waals surface area contributed by atoms with Crippen molar-refractivity contribution in [1.29, 1.82) is 0 Å². The number of nitrogens with zero attached hydrogens (tertiary/aromatic N) is 1. The van der Waals surface area contributed by atoms with Crippen LogP contribution in [0.25, 0.3) is 11.1 Å². The number of carbonyl (C=O) groups excluding carboxylic acids is 2. The van der Waals surface area contributed by atoms with E-state index >= 15 is 0 Å². The Labute approximate surface area is 155 Å². The van der Waals surface area contributed by atoms with Crippen LogP contribution in [0.3, 0.4) is 0 Å². The fourth-order valence-corrected chi connectivity index (χ4v) is 4.60. The van der Waals surface area contributed by atoms with Crippen molar-refractivity contribution in [2.24, 2.45) is 0 Å². The van der Waals surface area contributed by atoms with Gasteiger partial charge < -0.3 is 10.1 Å². The van der Waals surface area contributed by atoms with Gasteiger partial charge in [0.05, 0.1) is 13.2 Å². The van der Waals surface area contributed by atoms with Crippen molar-refractivity contribution in [3.05, 3.63) is 27.8 Å². The van der Waals surface area contributed by atoms with Crippen molar-refractivity contribution in [1.82, 2.24) is 4.90 Å². The molecule has 0 bridgehead atoms. The summed E-state index contributed by atoms with van der Waals surface area (Å²) in [6, 6.07) is 1.97. The summed E-state index contributed by atoms with van der Waals surface area (Å²) in [4.78, 5) is 27.0. The van der Waals surface area contributed by atoms with Gasteiger partial charge >= 0.3 is 5.97 Å². The second-order valence-corrected chi connectivity index (χ2v) is 7.63. The van der Waals surface area contributed by atoms with Crippen LogP contribution in [-0.4, -0.2) is 43.0 Å². The highest BCUT2D eigenvalue weighted by Gasteiger charge is 2.23. The van der Waals surface area contributed by atoms with Crippen molar-refractivity contribution in [2.75, 3.05) is 31.6 Å². The van der Waals surface area contributed by atoms with Gasteiger partial charge in [0.2, 0.25) is 5.91 Å². The second-order valence-electron chi connectivity index (χ2n) is 5.97. The zero-order chi connectivity index (χ0) is 17.6. The Bertz CT molecular complexity index is 719. The molecular formula is C18H22N2O3S2. The van der Waals surface area contributed by atoms with Crippen LogP contribution in [0.1, 0.15) is 36.5 Å². The van der Waals surface area contributed by atoms with Gasteiger partial charge in [-0.3, -0.25) is 9.69 Å². The van der Waals surface area contributed by atoms with E-state index in [2.05, 4.69) is 10.2 Å². The first-order valence-corrected chi connectivity index (χ1v) is 10.3. The number of likely N-dealkylation sites (tertiary alicyclic amines) is 1. The van der Waals surface area contributed by atoms with Crippen LogP contribution in [0.4, 0.5) is 5.00 Å². The fourth-order valence-electron chi connectivity index (χ4n) is 2.97. The molecule has 2 aromatic heterocycles. The van der Waals surface area contributed by atoms with Crippen molar-refractivity contribution in [3.8, 4) is 11.1 Å². The lowest BCUT2D eigenvalue weighted by Gasteiger charge is -2.25. The summed E-state index contributed by atoms with van der Waals surface area (Å²) >= 11 is 2.95. The van der Waals surface area contributed by atoms with Crippen LogP contribution in [0.2, 0.25) is 0 Å². The molecule has 0 spiro atoms. The lowest BCUT2D eigenvalue weighted by atomic mass is 10.1. The van der Waals surface area contributed by atoms with Gasteiger partial charge in [-0.2, -0.15) is 11.3 Å². The summed E-state index contributed by atoms with van der Waals surface area (Å²) in [5, 5.41) is 9.36. The lowest BCUT2D eigenvalue weighted by Crippen LogP contribution is -2.36. The summed E-state index contributed by atoms with van der Waals surface area (Å²) in [6.45, 7) is 4.38. The van der Waals surface area contributed by atoms with Crippen LogP contribution < -0.4 is 5.32 Å². The Kier molecular flexibility index (Phi) is 6.23. The van der Waals surface area contributed by atoms with E-state index in [4.69, 9.17) is 4.74 Å². The molecule has 0 aromatic carbocycles. The molecule has 0 unspecified atom stereocenters. The largest absolute Gasteiger partial charge is 0.462 e. The number of nitrogens with one attached hydrogen (secondary N) is 1. The second kappa shape index (κ2) is 8.60. The third-order valence-corrected chi connectivity index (χ3v) is 5.75. The van der Waals surface area contributed by atoms with E-state index in [1.807, 2.05) is 22.2 Å². The van der Waals surface area contributed by atoms with Gasteiger partial charge in [-0.15, -0.1) is 11.3 Å². The van der Waals surface area contributed by atoms with Crippen molar-refractivity contribution >= 4 is 39.6 Å². The Hall–Kier alpha value is -1.70. The average molecular weight is 379 g/mol. The Morgan fingerprint density at radius 3 is 2.72 bits per heavy atom. The monoisotopic (exact) mass is 378 g/mol. The van der Waals surface area contributed by atoms with Crippen LogP contribution in [0.15, 0.2) is 22.2 Å². The highest BCUT2D eigenvalue weighted by molar-refractivity contribution is 7.15. The summed E-state index contributed by atoms with van der Waals surface area (Å²) < 4.78 is 5.21. The highest BCUT2D eigenvalue weighted by Crippen LogP contribution is 2.37. The van der Waals surface area contributed by atoms with E-state index in [0.717, 1.165) is 37.1 Å². The van der Waals surface area contributed by atoms with E-state index < -0.39 is 5.97 Å². The smallest absolute Gasteiger partial charge is 0.341 e. The molecular weight excluding hydrogens is 356 g/mol. The van der Waals surface area contributed by atoms with E-state index in [1.165, 1.54) is 17.8 Å². The SMILES string of the molecule is CCOC(=O)c1c(-c2ccsc2)csc1NC(=O)CN1CCCCC1. The molecule has 7 heteroatoms. The minimum Gasteiger partial charge on any atom is -0.462 e. The molecule has 1 aliphatic rings. The molecule has 1 amide bonds. The van der Waals surface area contributed by atoms with Crippen LogP contribution >= 0.6 is 22.7 Å². The Balaban J connectivity index is 1.78. The topological polar surface area (TPSA) is 58.6 Å². The number of piperidine rings is 1. The first-order valence-electron chi connectivity index (χ1n) is 8.52. The van der Waals surface area contributed by atoms with Crippen molar-refractivity contribution in [2.45, 2.75) is 26.2 Å². The van der Waals surface area contributed by atoms with Crippen molar-refractivity contribution in [3.63, 3.8) is 0 Å². The highest BCUT2D eigenvalue weighted by atomic mass is 32.1. The van der Waals surface area contributed by atoms with E-state index in [9.17, 15) is 9.59 Å². The summed E-state index contributed by atoms with van der Waals surface area (Å²) in [5.41, 5.74) is 2.25. The first kappa shape index (κ1) is 18.1. The average Bonchev–Trinajstić information content (AvgIpc) is 3.25. The summed E-state index contributed by atoms with van der Waals surface area (Å²) in [7, 11) is 0. The zero-order valence-corrected chi connectivity index (χ0v) is 15.9. The minimum atomic E-state index is -0.391. The molecule has 1 N–H and O–H groups in total. The first-order chi connectivity index (χ1) is 12.2. The van der Waals surface area contributed by atoms with E-state index in [-0.39, 0.29) is 5.91 Å². The fraction of sp³-hybridized carbons (Fsp3) is 0.444. The molecule has 1 saturated heterocycles. The number of hydrogen-bond donors (Lipinski definition) is 1. The minimum absolute atomic E-state index is 0.0776. The number of thiophene rings is 2. The van der Waals surface area contributed by atoms with Crippen LogP contribution in [-0.2, 0) is 9.53 Å². The number of hydrogen-bond acceptors (Lipinski definition) is 6. The lowest BCUT2D eigenvalue weighted by molar-refractivity contribution is -0.117. The van der Waals surface area contributed by atoms with Crippen molar-refractivity contribution < 1.29 is 14.3 Å². The molecule has 25 heavy (non-hydrogen) atoms. The third-order valence-electron chi connectivity index (χ3n) is 4.17. The van der Waals surface area contributed by atoms with Crippen LogP contribution in [0, 0.1) is 0 Å². The standard InChI is InChI=1S/C18H22N2O3S2/c1-2-23-18(22)16-14(13-6-9-24-11-13)12-25-17(16)19-15(21)10-20-7-4-3-5-8-20/h6,9,11-12H,2-5,7-8,10H2,1H3,(H,19,21). The van der Waals surface area contributed by atoms with Gasteiger partial charge in [-0.1, -0.05) is 6.42 Å². The van der Waals surface area contributed by atoms with Gasteiger partial charge in [0.1, 0.15) is 10.6 Å². The maximum absolute atomic E-state index is 12.4. The normalized spacial score (nSPS) is 15.1. The number of esters is 1. The van der Waals surface area contributed by atoms with E-state index in [0.29, 0.717) is 23.7 Å². The Morgan fingerprint density at radius 2 is 2.04 bits per heavy atom. The quantitative estimate of drug-likeness (QED) is 0.770. The van der Waals surface area contributed by atoms with Crippen LogP contribution in [0.5, 0.6) is 0 Å². The van der Waals surface area contributed by atoms with E-state index in [1.54, 1.807) is 18.3 Å². The molecule has 134 valence electrons. The molecule has 1 fully saturated rings. The van der Waals surface area contributed by atoms with Gasteiger partial charge in [0.25, 0.3) is 0 Å². The molecule has 3 rings (SSSR count). The molecule has 0 aliphatic carbocycles. The molecule has 1 aliphatic heterocycles. The molecule has 2 aromatic rings. The maximum atomic E-state index is 12.4. The predicted octanol–water partition coefficient (Wildman–Crippen LogP) is 4.08. The molecule has 0 radical (unpaired) electrons. The summed E-state index contributed by atoms with van der Waals surface area (Å²) in [6.07, 6.45) is 3.52. The molecule has 3 heterocycles. The summed E-state index contributed by atoms with van der Waals surface area (Å²) in [5.74, 6) is -0.468. The van der Waals surface area contributed by atoms with Gasteiger partial charge in [0, 0.05) is 10.9 Å². The number of carbonyl (C=O) groups is 2. The zero-order valence-electron chi connectivity index (χ0n) is 14.2. The third kappa shape index (κ3) is 4.48. The number of rotatable bonds is 6. The maximum Gasteiger partial charge on any atom is 0.341 e. The molecule has 0 saturated carbocycles. The number of ether oxygens (including phenoxy) is 1. The van der Waals surface area contributed by atoms with Gasteiger partial charge in [-0.25, -0.2) is 4.79 Å². The molecule has 0 atom stereocenters. The van der Waals surface area contributed by atoms with Gasteiger partial charge in [0.15, 0.2) is 0 Å². The van der Waals surface area contributed by atoms with Gasteiger partial charge in [-0.05, 0) is 55.2 Å².